The fourth-order valence-electron chi connectivity index (χ4n) is 3.85. The maximum Gasteiger partial charge on any atom is 0.243 e. The van der Waals surface area contributed by atoms with Gasteiger partial charge in [-0.1, -0.05) is 12.1 Å². The molecular formula is C23H27FN4O3S2. The highest BCUT2D eigenvalue weighted by Crippen LogP contribution is 2.29. The molecule has 33 heavy (non-hydrogen) atoms. The monoisotopic (exact) mass is 490 g/mol. The number of benzene rings is 2. The molecule has 0 spiro atoms. The number of amides is 1. The first-order valence-corrected chi connectivity index (χ1v) is 13.1. The van der Waals surface area contributed by atoms with Crippen LogP contribution in [0.2, 0.25) is 0 Å². The molecule has 10 heteroatoms. The third-order valence-corrected chi connectivity index (χ3v) is 9.12. The third kappa shape index (κ3) is 5.24. The van der Waals surface area contributed by atoms with E-state index in [1.807, 2.05) is 36.1 Å². The lowest BCUT2D eigenvalue weighted by molar-refractivity contribution is -0.133. The smallest absolute Gasteiger partial charge is 0.243 e. The summed E-state index contributed by atoms with van der Waals surface area (Å²) in [4.78, 5) is 21.4. The molecule has 4 rings (SSSR count). The second kappa shape index (κ2) is 9.84. The normalized spacial score (nSPS) is 17.1. The number of hydrogen-bond donors (Lipinski definition) is 0. The number of fused-ring (bicyclic) bond motifs is 1. The van der Waals surface area contributed by atoms with Gasteiger partial charge in [-0.05, 0) is 56.3 Å². The Kier molecular flexibility index (Phi) is 7.08. The van der Waals surface area contributed by atoms with Crippen LogP contribution in [0.3, 0.4) is 0 Å². The Balaban J connectivity index is 1.37. The Morgan fingerprint density at radius 2 is 1.85 bits per heavy atom. The Bertz CT molecular complexity index is 1200. The van der Waals surface area contributed by atoms with Crippen LogP contribution in [-0.4, -0.2) is 73.2 Å². The Morgan fingerprint density at radius 3 is 2.58 bits per heavy atom. The highest BCUT2D eigenvalue weighted by Gasteiger charge is 2.28. The number of para-hydroxylation sites is 1. The van der Waals surface area contributed by atoms with Crippen LogP contribution in [0, 0.1) is 5.82 Å². The summed E-state index contributed by atoms with van der Waals surface area (Å²) in [6.45, 7) is 3.91. The largest absolute Gasteiger partial charge is 0.335 e. The minimum atomic E-state index is -3.69. The molecule has 0 saturated carbocycles. The quantitative estimate of drug-likeness (QED) is 0.530. The van der Waals surface area contributed by atoms with E-state index in [4.69, 9.17) is 0 Å². The molecule has 0 N–H and O–H groups in total. The SMILES string of the molecule is C[C@@H](c1nc2ccccc2s1)N(C)C(=O)CN1CCCN(S(=O)(=O)c2ccc(F)cc2)CC1. The molecule has 1 atom stereocenters. The lowest BCUT2D eigenvalue weighted by atomic mass is 10.3. The highest BCUT2D eigenvalue weighted by molar-refractivity contribution is 7.89. The predicted octanol–water partition coefficient (Wildman–Crippen LogP) is 3.35. The van der Waals surface area contributed by atoms with Gasteiger partial charge in [-0.25, -0.2) is 17.8 Å². The van der Waals surface area contributed by atoms with Gasteiger partial charge < -0.3 is 4.90 Å². The summed E-state index contributed by atoms with van der Waals surface area (Å²) in [6, 6.07) is 12.6. The second-order valence-electron chi connectivity index (χ2n) is 8.19. The molecule has 2 heterocycles. The lowest BCUT2D eigenvalue weighted by Crippen LogP contribution is -2.41. The number of rotatable bonds is 6. The molecule has 0 bridgehead atoms. The van der Waals surface area contributed by atoms with Crippen LogP contribution in [-0.2, 0) is 14.8 Å². The van der Waals surface area contributed by atoms with Crippen LogP contribution in [0.25, 0.3) is 10.2 Å². The molecule has 1 amide bonds. The fraction of sp³-hybridized carbons (Fsp3) is 0.391. The van der Waals surface area contributed by atoms with E-state index in [1.165, 1.54) is 16.4 Å². The molecule has 0 aliphatic carbocycles. The van der Waals surface area contributed by atoms with E-state index in [0.29, 0.717) is 26.1 Å². The molecule has 7 nitrogen and oxygen atoms in total. The predicted molar refractivity (Wildman–Crippen MR) is 127 cm³/mol. The van der Waals surface area contributed by atoms with E-state index in [2.05, 4.69) is 4.98 Å². The van der Waals surface area contributed by atoms with Crippen molar-refractivity contribution >= 4 is 37.5 Å². The number of carbonyl (C=O) groups is 1. The van der Waals surface area contributed by atoms with Crippen molar-refractivity contribution in [2.75, 3.05) is 39.8 Å². The van der Waals surface area contributed by atoms with E-state index in [-0.39, 0.29) is 29.9 Å². The van der Waals surface area contributed by atoms with Crippen molar-refractivity contribution in [2.24, 2.45) is 0 Å². The number of halogens is 1. The third-order valence-electron chi connectivity index (χ3n) is 6.00. The number of hydrogen-bond acceptors (Lipinski definition) is 6. The first-order chi connectivity index (χ1) is 15.8. The summed E-state index contributed by atoms with van der Waals surface area (Å²) in [6.07, 6.45) is 0.616. The van der Waals surface area contributed by atoms with E-state index < -0.39 is 15.8 Å². The van der Waals surface area contributed by atoms with Crippen molar-refractivity contribution in [2.45, 2.75) is 24.3 Å². The van der Waals surface area contributed by atoms with E-state index >= 15 is 0 Å². The number of thiazole rings is 1. The van der Waals surface area contributed by atoms with Crippen molar-refractivity contribution in [3.8, 4) is 0 Å². The van der Waals surface area contributed by atoms with Crippen molar-refractivity contribution in [1.29, 1.82) is 0 Å². The van der Waals surface area contributed by atoms with Gasteiger partial charge in [0.25, 0.3) is 0 Å². The Morgan fingerprint density at radius 1 is 1.12 bits per heavy atom. The minimum absolute atomic E-state index is 0.0309. The minimum Gasteiger partial charge on any atom is -0.335 e. The van der Waals surface area contributed by atoms with Crippen LogP contribution in [0.15, 0.2) is 53.4 Å². The molecule has 1 aliphatic heterocycles. The summed E-state index contributed by atoms with van der Waals surface area (Å²) in [7, 11) is -1.91. The zero-order chi connectivity index (χ0) is 23.6. The van der Waals surface area contributed by atoms with Gasteiger partial charge in [-0.2, -0.15) is 4.31 Å². The molecule has 2 aromatic carbocycles. The Labute approximate surface area is 197 Å². The van der Waals surface area contributed by atoms with Gasteiger partial charge in [0.2, 0.25) is 15.9 Å². The molecule has 0 unspecified atom stereocenters. The number of likely N-dealkylation sites (N-methyl/N-ethyl adjacent to an activating group) is 1. The number of carbonyl (C=O) groups excluding carboxylic acids is 1. The van der Waals surface area contributed by atoms with Crippen LogP contribution < -0.4 is 0 Å². The molecular weight excluding hydrogens is 463 g/mol. The molecule has 176 valence electrons. The van der Waals surface area contributed by atoms with Crippen molar-refractivity contribution in [1.82, 2.24) is 19.1 Å². The number of sulfonamides is 1. The average molecular weight is 491 g/mol. The lowest BCUT2D eigenvalue weighted by Gasteiger charge is -2.27. The zero-order valence-electron chi connectivity index (χ0n) is 18.6. The number of nitrogens with zero attached hydrogens (tertiary/aromatic N) is 4. The van der Waals surface area contributed by atoms with Gasteiger partial charge in [0.05, 0.1) is 27.7 Å². The van der Waals surface area contributed by atoms with Crippen molar-refractivity contribution < 1.29 is 17.6 Å². The van der Waals surface area contributed by atoms with Crippen LogP contribution in [0.4, 0.5) is 4.39 Å². The summed E-state index contributed by atoms with van der Waals surface area (Å²) in [5, 5.41) is 0.888. The summed E-state index contributed by atoms with van der Waals surface area (Å²) >= 11 is 1.59. The van der Waals surface area contributed by atoms with Crippen molar-refractivity contribution in [3.63, 3.8) is 0 Å². The maximum atomic E-state index is 13.2. The molecule has 0 radical (unpaired) electrons. The molecule has 1 saturated heterocycles. The Hall–Kier alpha value is -2.40. The number of aromatic nitrogens is 1. The van der Waals surface area contributed by atoms with Crippen LogP contribution in [0.1, 0.15) is 24.4 Å². The van der Waals surface area contributed by atoms with Crippen molar-refractivity contribution in [3.05, 3.63) is 59.4 Å². The van der Waals surface area contributed by atoms with Gasteiger partial charge >= 0.3 is 0 Å². The topological polar surface area (TPSA) is 73.8 Å². The van der Waals surface area contributed by atoms with Gasteiger partial charge in [-0.3, -0.25) is 9.69 Å². The van der Waals surface area contributed by atoms with E-state index in [1.54, 1.807) is 23.3 Å². The second-order valence-corrected chi connectivity index (χ2v) is 11.2. The van der Waals surface area contributed by atoms with Gasteiger partial charge in [0.15, 0.2) is 0 Å². The molecule has 1 fully saturated rings. The van der Waals surface area contributed by atoms with E-state index in [0.717, 1.165) is 27.4 Å². The summed E-state index contributed by atoms with van der Waals surface area (Å²) in [5.74, 6) is -0.504. The van der Waals surface area contributed by atoms with E-state index in [9.17, 15) is 17.6 Å². The van der Waals surface area contributed by atoms with Gasteiger partial charge in [-0.15, -0.1) is 11.3 Å². The fourth-order valence-corrected chi connectivity index (χ4v) is 6.39. The van der Waals surface area contributed by atoms with Gasteiger partial charge in [0.1, 0.15) is 10.8 Å². The standard InChI is InChI=1S/C23H27FN4O3S2/c1-17(23-25-20-6-3-4-7-21(20)32-23)26(2)22(29)16-27-12-5-13-28(15-14-27)33(30,31)19-10-8-18(24)9-11-19/h3-4,6-11,17H,5,12-16H2,1-2H3/t17-/m0/s1. The molecule has 3 aromatic rings. The maximum absolute atomic E-state index is 13.2. The van der Waals surface area contributed by atoms with Crippen LogP contribution in [0.5, 0.6) is 0 Å². The first kappa shape index (κ1) is 23.7. The van der Waals surface area contributed by atoms with Crippen LogP contribution >= 0.6 is 11.3 Å². The highest BCUT2D eigenvalue weighted by atomic mass is 32.2. The molecule has 1 aromatic heterocycles. The van der Waals surface area contributed by atoms with Gasteiger partial charge in [0, 0.05) is 26.7 Å². The first-order valence-electron chi connectivity index (χ1n) is 10.8. The zero-order valence-corrected chi connectivity index (χ0v) is 20.3. The average Bonchev–Trinajstić information content (AvgIpc) is 3.10. The summed E-state index contributed by atoms with van der Waals surface area (Å²) in [5.41, 5.74) is 0.931. The summed E-state index contributed by atoms with van der Waals surface area (Å²) < 4.78 is 41.5. The molecule has 1 aliphatic rings.